The molecule has 3 rings (SSSR count). The number of hydrogen-bond acceptors (Lipinski definition) is 6. The Morgan fingerprint density at radius 3 is 2.59 bits per heavy atom. The smallest absolute Gasteiger partial charge is 0.243 e. The van der Waals surface area contributed by atoms with Gasteiger partial charge in [0.2, 0.25) is 15.9 Å². The van der Waals surface area contributed by atoms with Gasteiger partial charge in [0.05, 0.1) is 26.4 Å². The summed E-state index contributed by atoms with van der Waals surface area (Å²) in [4.78, 5) is 17.3. The first-order valence-electron chi connectivity index (χ1n) is 10.3. The minimum Gasteiger partial charge on any atom is -0.324 e. The van der Waals surface area contributed by atoms with Crippen LogP contribution in [0, 0.1) is 25.2 Å². The summed E-state index contributed by atoms with van der Waals surface area (Å²) in [6, 6.07) is 8.30. The SMILES string of the molecule is Cc1cc(C)c(C#N)c(S[C@@H](C)C(=O)Nc2cc(S(=O)(=O)N3CCCCC3)ccc2Cl)n1. The van der Waals surface area contributed by atoms with Crippen molar-refractivity contribution >= 4 is 45.0 Å². The molecule has 1 N–H and O–H groups in total. The molecule has 1 saturated heterocycles. The molecule has 0 radical (unpaired) electrons. The van der Waals surface area contributed by atoms with Crippen LogP contribution in [0.3, 0.4) is 0 Å². The van der Waals surface area contributed by atoms with Gasteiger partial charge in [-0.1, -0.05) is 29.8 Å². The van der Waals surface area contributed by atoms with Gasteiger partial charge < -0.3 is 5.32 Å². The molecule has 0 spiro atoms. The summed E-state index contributed by atoms with van der Waals surface area (Å²) in [6.07, 6.45) is 2.69. The molecule has 1 atom stereocenters. The van der Waals surface area contributed by atoms with Crippen LogP contribution in [-0.2, 0) is 14.8 Å². The number of hydrogen-bond donors (Lipinski definition) is 1. The molecule has 2 heterocycles. The van der Waals surface area contributed by atoms with E-state index in [1.54, 1.807) is 6.92 Å². The van der Waals surface area contributed by atoms with Gasteiger partial charge in [-0.3, -0.25) is 4.79 Å². The molecule has 1 amide bonds. The van der Waals surface area contributed by atoms with Crippen molar-refractivity contribution in [1.29, 1.82) is 5.26 Å². The van der Waals surface area contributed by atoms with Crippen LogP contribution in [0.25, 0.3) is 0 Å². The molecule has 10 heteroatoms. The van der Waals surface area contributed by atoms with Gasteiger partial charge in [0, 0.05) is 18.8 Å². The van der Waals surface area contributed by atoms with Crippen molar-refractivity contribution in [3.8, 4) is 6.07 Å². The van der Waals surface area contributed by atoms with E-state index in [4.69, 9.17) is 11.6 Å². The van der Waals surface area contributed by atoms with Gasteiger partial charge in [-0.05, 0) is 63.4 Å². The molecule has 0 unspecified atom stereocenters. The normalized spacial score (nSPS) is 15.7. The zero-order valence-corrected chi connectivity index (χ0v) is 20.6. The van der Waals surface area contributed by atoms with E-state index in [-0.39, 0.29) is 21.5 Å². The Morgan fingerprint density at radius 2 is 1.94 bits per heavy atom. The van der Waals surface area contributed by atoms with Crippen molar-refractivity contribution in [3.63, 3.8) is 0 Å². The van der Waals surface area contributed by atoms with Crippen molar-refractivity contribution < 1.29 is 13.2 Å². The van der Waals surface area contributed by atoms with Crippen LogP contribution in [0.15, 0.2) is 34.2 Å². The van der Waals surface area contributed by atoms with Crippen molar-refractivity contribution in [2.24, 2.45) is 0 Å². The number of halogens is 1. The second kappa shape index (κ2) is 10.2. The van der Waals surface area contributed by atoms with Crippen molar-refractivity contribution in [2.75, 3.05) is 18.4 Å². The Kier molecular flexibility index (Phi) is 7.83. The van der Waals surface area contributed by atoms with Crippen LogP contribution in [0.1, 0.15) is 43.0 Å². The van der Waals surface area contributed by atoms with Crippen molar-refractivity contribution in [2.45, 2.75) is 55.2 Å². The van der Waals surface area contributed by atoms with Crippen LogP contribution in [-0.4, -0.2) is 42.0 Å². The van der Waals surface area contributed by atoms with Gasteiger partial charge in [-0.15, -0.1) is 0 Å². The second-order valence-electron chi connectivity index (χ2n) is 7.73. The maximum Gasteiger partial charge on any atom is 0.243 e. The van der Waals surface area contributed by atoms with Gasteiger partial charge in [0.15, 0.2) is 0 Å². The lowest BCUT2D eigenvalue weighted by molar-refractivity contribution is -0.115. The first-order valence-corrected chi connectivity index (χ1v) is 13.0. The van der Waals surface area contributed by atoms with E-state index in [9.17, 15) is 18.5 Å². The monoisotopic (exact) mass is 492 g/mol. The Bertz CT molecular complexity index is 1170. The molecule has 170 valence electrons. The van der Waals surface area contributed by atoms with E-state index in [2.05, 4.69) is 16.4 Å². The highest BCUT2D eigenvalue weighted by Gasteiger charge is 2.27. The Morgan fingerprint density at radius 1 is 1.25 bits per heavy atom. The number of nitrogens with one attached hydrogen (secondary N) is 1. The van der Waals surface area contributed by atoms with Crippen LogP contribution >= 0.6 is 23.4 Å². The van der Waals surface area contributed by atoms with E-state index < -0.39 is 15.3 Å². The molecule has 1 fully saturated rings. The predicted molar refractivity (Wildman–Crippen MR) is 126 cm³/mol. The topological polar surface area (TPSA) is 103 Å². The maximum absolute atomic E-state index is 13.0. The summed E-state index contributed by atoms with van der Waals surface area (Å²) in [5.41, 5.74) is 2.23. The third-order valence-corrected chi connectivity index (χ3v) is 8.54. The molecule has 32 heavy (non-hydrogen) atoms. The summed E-state index contributed by atoms with van der Waals surface area (Å²) >= 11 is 7.42. The highest BCUT2D eigenvalue weighted by Crippen LogP contribution is 2.31. The molecular weight excluding hydrogens is 468 g/mol. The number of nitrogens with zero attached hydrogens (tertiary/aromatic N) is 3. The number of aryl methyl sites for hydroxylation is 2. The standard InChI is InChI=1S/C22H25ClN4O3S2/c1-14-11-15(2)25-22(18(14)13-24)31-16(3)21(28)26-20-12-17(7-8-19(20)23)32(29,30)27-9-5-4-6-10-27/h7-8,11-12,16H,4-6,9-10H2,1-3H3,(H,26,28)/t16-/m0/s1. The Balaban J connectivity index is 1.79. The third-order valence-electron chi connectivity index (χ3n) is 5.23. The van der Waals surface area contributed by atoms with E-state index in [1.165, 1.54) is 34.3 Å². The number of aromatic nitrogens is 1. The van der Waals surface area contributed by atoms with E-state index in [0.29, 0.717) is 23.7 Å². The Labute approximate surface area is 198 Å². The molecule has 0 saturated carbocycles. The van der Waals surface area contributed by atoms with Crippen molar-refractivity contribution in [3.05, 3.63) is 46.1 Å². The molecular formula is C22H25ClN4O3S2. The summed E-state index contributed by atoms with van der Waals surface area (Å²) in [6.45, 7) is 6.34. The van der Waals surface area contributed by atoms with Gasteiger partial charge in [0.1, 0.15) is 11.1 Å². The average Bonchev–Trinajstić information content (AvgIpc) is 2.75. The fraction of sp³-hybridized carbons (Fsp3) is 0.409. The number of nitriles is 1. The summed E-state index contributed by atoms with van der Waals surface area (Å²) in [5.74, 6) is -0.366. The number of amides is 1. The largest absolute Gasteiger partial charge is 0.324 e. The van der Waals surface area contributed by atoms with E-state index in [0.717, 1.165) is 30.5 Å². The molecule has 0 aliphatic carbocycles. The number of pyridine rings is 1. The zero-order chi connectivity index (χ0) is 23.5. The number of thioether (sulfide) groups is 1. The number of carbonyl (C=O) groups excluding carboxylic acids is 1. The lowest BCUT2D eigenvalue weighted by Gasteiger charge is -2.26. The highest BCUT2D eigenvalue weighted by atomic mass is 35.5. The molecule has 1 aromatic carbocycles. The first kappa shape index (κ1) is 24.5. The number of anilines is 1. The van der Waals surface area contributed by atoms with Gasteiger partial charge >= 0.3 is 0 Å². The number of benzene rings is 1. The van der Waals surface area contributed by atoms with Crippen LogP contribution in [0.5, 0.6) is 0 Å². The Hall–Kier alpha value is -2.12. The minimum absolute atomic E-state index is 0.0992. The molecule has 1 aliphatic heterocycles. The van der Waals surface area contributed by atoms with Gasteiger partial charge in [0.25, 0.3) is 0 Å². The quantitative estimate of drug-likeness (QED) is 0.595. The van der Waals surface area contributed by atoms with Crippen LogP contribution < -0.4 is 5.32 Å². The summed E-state index contributed by atoms with van der Waals surface area (Å²) < 4.78 is 27.4. The molecule has 0 bridgehead atoms. The lowest BCUT2D eigenvalue weighted by atomic mass is 10.1. The van der Waals surface area contributed by atoms with Gasteiger partial charge in [-0.25, -0.2) is 13.4 Å². The van der Waals surface area contributed by atoms with E-state index >= 15 is 0 Å². The fourth-order valence-electron chi connectivity index (χ4n) is 3.49. The summed E-state index contributed by atoms with van der Waals surface area (Å²) in [7, 11) is -3.65. The number of carbonyl (C=O) groups is 1. The highest BCUT2D eigenvalue weighted by molar-refractivity contribution is 8.00. The predicted octanol–water partition coefficient (Wildman–Crippen LogP) is 4.52. The van der Waals surface area contributed by atoms with Crippen LogP contribution in [0.4, 0.5) is 5.69 Å². The van der Waals surface area contributed by atoms with Gasteiger partial charge in [-0.2, -0.15) is 9.57 Å². The molecule has 2 aromatic rings. The number of rotatable bonds is 6. The number of sulfonamides is 1. The minimum atomic E-state index is -3.65. The molecule has 1 aromatic heterocycles. The van der Waals surface area contributed by atoms with Crippen molar-refractivity contribution in [1.82, 2.24) is 9.29 Å². The summed E-state index contributed by atoms with van der Waals surface area (Å²) in [5, 5.41) is 12.3. The maximum atomic E-state index is 13.0. The first-order chi connectivity index (χ1) is 15.1. The third kappa shape index (κ3) is 5.44. The average molecular weight is 493 g/mol. The molecule has 1 aliphatic rings. The second-order valence-corrected chi connectivity index (χ2v) is 11.4. The zero-order valence-electron chi connectivity index (χ0n) is 18.2. The fourth-order valence-corrected chi connectivity index (χ4v) is 6.22. The number of piperidine rings is 1. The van der Waals surface area contributed by atoms with Crippen LogP contribution in [0.2, 0.25) is 5.02 Å². The molecule has 7 nitrogen and oxygen atoms in total. The van der Waals surface area contributed by atoms with E-state index in [1.807, 2.05) is 19.9 Å². The lowest BCUT2D eigenvalue weighted by Crippen LogP contribution is -2.35.